The van der Waals surface area contributed by atoms with Crippen LogP contribution >= 0.6 is 0 Å². The first-order valence-corrected chi connectivity index (χ1v) is 9.10. The van der Waals surface area contributed by atoms with Gasteiger partial charge in [0.15, 0.2) is 11.1 Å². The quantitative estimate of drug-likeness (QED) is 0.538. The molecule has 3 aromatic rings. The van der Waals surface area contributed by atoms with Crippen molar-refractivity contribution in [2.45, 2.75) is 6.92 Å². The number of benzene rings is 1. The van der Waals surface area contributed by atoms with E-state index in [1.165, 1.54) is 0 Å². The second-order valence-electron chi connectivity index (χ2n) is 5.98. The molecule has 1 unspecified atom stereocenters. The molecule has 0 spiro atoms. The monoisotopic (exact) mass is 364 g/mol. The summed E-state index contributed by atoms with van der Waals surface area (Å²) in [5.74, 6) is 0.733. The highest BCUT2D eigenvalue weighted by Gasteiger charge is 2.16. The molecule has 0 aliphatic heterocycles. The smallest absolute Gasteiger partial charge is 0.187 e. The van der Waals surface area contributed by atoms with E-state index >= 15 is 0 Å². The van der Waals surface area contributed by atoms with E-state index in [1.807, 2.05) is 31.3 Å². The van der Waals surface area contributed by atoms with Gasteiger partial charge in [0.25, 0.3) is 0 Å². The first-order chi connectivity index (χ1) is 12.6. The van der Waals surface area contributed by atoms with Gasteiger partial charge in [-0.1, -0.05) is 6.08 Å². The van der Waals surface area contributed by atoms with Crippen LogP contribution in [0.15, 0.2) is 59.3 Å². The summed E-state index contributed by atoms with van der Waals surface area (Å²) < 4.78 is 26.1. The van der Waals surface area contributed by atoms with Gasteiger partial charge in [0, 0.05) is 22.5 Å². The highest BCUT2D eigenvalue weighted by molar-refractivity contribution is 7.83. The molecule has 0 bridgehead atoms. The number of allylic oxidation sites excluding steroid dienone is 4. The molecule has 1 atom stereocenters. The van der Waals surface area contributed by atoms with E-state index in [0.29, 0.717) is 4.91 Å². The Kier molecular flexibility index (Phi) is 4.09. The van der Waals surface area contributed by atoms with Crippen LogP contribution in [-0.2, 0) is 11.1 Å². The number of nitrogens with one attached hydrogen (secondary N) is 1. The van der Waals surface area contributed by atoms with Crippen LogP contribution in [0.1, 0.15) is 11.1 Å². The standard InChI is InChI=1S/C20H16N2O3S/c1-12-10-16-18-15(13-4-3-5-14(7-6-13)26(23)24)8-9-17(25-2)19(18)22-20(16)21-11-12/h3-5,7-11H,1-2H3,(H,21,22)(H,23,24). The van der Waals surface area contributed by atoms with Crippen molar-refractivity contribution in [1.82, 2.24) is 9.97 Å². The lowest BCUT2D eigenvalue weighted by Crippen LogP contribution is -1.88. The third-order valence-corrected chi connectivity index (χ3v) is 4.97. The average Bonchev–Trinajstić information content (AvgIpc) is 2.83. The lowest BCUT2D eigenvalue weighted by Gasteiger charge is -2.07. The van der Waals surface area contributed by atoms with E-state index in [9.17, 15) is 8.76 Å². The first kappa shape index (κ1) is 16.5. The van der Waals surface area contributed by atoms with Crippen LogP contribution in [0.2, 0.25) is 0 Å². The third-order valence-electron chi connectivity index (χ3n) is 4.31. The summed E-state index contributed by atoms with van der Waals surface area (Å²) in [5.41, 5.74) is 7.62. The number of methoxy groups -OCH3 is 1. The molecule has 0 saturated heterocycles. The van der Waals surface area contributed by atoms with E-state index in [-0.39, 0.29) is 0 Å². The molecule has 6 heteroatoms. The molecule has 2 heterocycles. The van der Waals surface area contributed by atoms with Gasteiger partial charge in [0.1, 0.15) is 11.4 Å². The van der Waals surface area contributed by atoms with Gasteiger partial charge in [-0.15, -0.1) is 5.73 Å². The Morgan fingerprint density at radius 3 is 2.96 bits per heavy atom. The fourth-order valence-electron chi connectivity index (χ4n) is 3.12. The summed E-state index contributed by atoms with van der Waals surface area (Å²) in [6, 6.07) is 5.95. The van der Waals surface area contributed by atoms with Gasteiger partial charge in [-0.3, -0.25) is 0 Å². The molecular formula is C20H16N2O3S. The van der Waals surface area contributed by atoms with Crippen LogP contribution in [0.4, 0.5) is 0 Å². The molecule has 2 aromatic heterocycles. The summed E-state index contributed by atoms with van der Waals surface area (Å²) in [6.07, 6.45) is 8.60. The normalized spacial score (nSPS) is 15.0. The van der Waals surface area contributed by atoms with E-state index in [4.69, 9.17) is 4.74 Å². The van der Waals surface area contributed by atoms with Crippen molar-refractivity contribution >= 4 is 38.6 Å². The average molecular weight is 364 g/mol. The minimum absolute atomic E-state index is 0.303. The van der Waals surface area contributed by atoms with Crippen LogP contribution < -0.4 is 4.74 Å². The van der Waals surface area contributed by atoms with Gasteiger partial charge in [-0.25, -0.2) is 9.19 Å². The zero-order valence-electron chi connectivity index (χ0n) is 14.2. The molecule has 0 radical (unpaired) electrons. The summed E-state index contributed by atoms with van der Waals surface area (Å²) in [5, 5.41) is 1.99. The molecule has 26 heavy (non-hydrogen) atoms. The van der Waals surface area contributed by atoms with E-state index < -0.39 is 11.1 Å². The van der Waals surface area contributed by atoms with Crippen molar-refractivity contribution in [1.29, 1.82) is 0 Å². The number of nitrogens with zero attached hydrogens (tertiary/aromatic N) is 1. The van der Waals surface area contributed by atoms with Gasteiger partial charge in [-0.2, -0.15) is 0 Å². The van der Waals surface area contributed by atoms with Crippen molar-refractivity contribution in [3.8, 4) is 5.75 Å². The Morgan fingerprint density at radius 1 is 1.35 bits per heavy atom. The second kappa shape index (κ2) is 6.42. The number of hydrogen-bond donors (Lipinski definition) is 2. The predicted octanol–water partition coefficient (Wildman–Crippen LogP) is 4.25. The number of hydrogen-bond acceptors (Lipinski definition) is 3. The number of pyridine rings is 1. The number of aromatic nitrogens is 2. The van der Waals surface area contributed by atoms with Crippen LogP contribution in [0.5, 0.6) is 5.75 Å². The highest BCUT2D eigenvalue weighted by Crippen LogP contribution is 2.37. The van der Waals surface area contributed by atoms with Gasteiger partial charge >= 0.3 is 0 Å². The minimum Gasteiger partial charge on any atom is -0.495 e. The number of H-pyrrole nitrogens is 1. The van der Waals surface area contributed by atoms with Gasteiger partial charge in [0.05, 0.1) is 17.5 Å². The van der Waals surface area contributed by atoms with Crippen molar-refractivity contribution in [3.63, 3.8) is 0 Å². The summed E-state index contributed by atoms with van der Waals surface area (Å²) >= 11 is -2.04. The topological polar surface area (TPSA) is 75.2 Å². The Morgan fingerprint density at radius 2 is 2.19 bits per heavy atom. The van der Waals surface area contributed by atoms with Crippen molar-refractivity contribution in [3.05, 3.63) is 70.5 Å². The summed E-state index contributed by atoms with van der Waals surface area (Å²) in [7, 11) is 1.64. The van der Waals surface area contributed by atoms with Crippen LogP contribution in [0, 0.1) is 6.92 Å². The molecule has 0 amide bonds. The molecule has 5 nitrogen and oxygen atoms in total. The van der Waals surface area contributed by atoms with E-state index in [1.54, 1.807) is 25.3 Å². The zero-order valence-corrected chi connectivity index (χ0v) is 15.1. The molecule has 1 aliphatic rings. The van der Waals surface area contributed by atoms with Crippen LogP contribution in [-0.4, -0.2) is 25.8 Å². The third kappa shape index (κ3) is 2.70. The predicted molar refractivity (Wildman–Crippen MR) is 104 cm³/mol. The maximum atomic E-state index is 11.3. The Balaban J connectivity index is 2.05. The van der Waals surface area contributed by atoms with Crippen LogP contribution in [0.25, 0.3) is 27.5 Å². The van der Waals surface area contributed by atoms with Crippen molar-refractivity contribution in [2.75, 3.05) is 7.11 Å². The number of aryl methyl sites for hydroxylation is 1. The van der Waals surface area contributed by atoms with Crippen molar-refractivity contribution < 1.29 is 13.5 Å². The van der Waals surface area contributed by atoms with Gasteiger partial charge < -0.3 is 14.3 Å². The Hall–Kier alpha value is -2.92. The molecule has 0 fully saturated rings. The Labute approximate surface area is 152 Å². The molecule has 0 saturated carbocycles. The highest BCUT2D eigenvalue weighted by atomic mass is 32.2. The lowest BCUT2D eigenvalue weighted by atomic mass is 9.99. The molecule has 4 rings (SSSR count). The number of rotatable bonds is 3. The fourth-order valence-corrected chi connectivity index (χ4v) is 3.47. The molecule has 1 aromatic carbocycles. The minimum atomic E-state index is -2.04. The summed E-state index contributed by atoms with van der Waals surface area (Å²) in [4.78, 5) is 8.12. The van der Waals surface area contributed by atoms with Crippen LogP contribution in [0.3, 0.4) is 0 Å². The Bertz CT molecular complexity index is 1190. The fraction of sp³-hybridized carbons (Fsp3) is 0.100. The molecule has 2 N–H and O–H groups in total. The second-order valence-corrected chi connectivity index (χ2v) is 6.95. The lowest BCUT2D eigenvalue weighted by molar-refractivity contribution is 0.419. The van der Waals surface area contributed by atoms with E-state index in [0.717, 1.165) is 44.4 Å². The SMILES string of the molecule is COc1ccc(C2=C=CC(S(=O)O)=CC=C2)c2c1[nH]c1ncc(C)cc12. The first-order valence-electron chi connectivity index (χ1n) is 8.00. The van der Waals surface area contributed by atoms with Gasteiger partial charge in [-0.05, 0) is 54.5 Å². The maximum absolute atomic E-state index is 11.3. The zero-order chi connectivity index (χ0) is 18.3. The van der Waals surface area contributed by atoms with Gasteiger partial charge in [0.2, 0.25) is 0 Å². The van der Waals surface area contributed by atoms with Crippen molar-refractivity contribution in [2.24, 2.45) is 0 Å². The molecular weight excluding hydrogens is 348 g/mol. The number of fused-ring (bicyclic) bond motifs is 3. The van der Waals surface area contributed by atoms with E-state index in [2.05, 4.69) is 21.8 Å². The molecule has 130 valence electrons. The molecule has 1 aliphatic carbocycles. The number of ether oxygens (including phenoxy) is 1. The summed E-state index contributed by atoms with van der Waals surface area (Å²) in [6.45, 7) is 2.00. The maximum Gasteiger partial charge on any atom is 0.187 e. The number of aromatic amines is 1. The largest absolute Gasteiger partial charge is 0.495 e.